The van der Waals surface area contributed by atoms with Crippen molar-refractivity contribution in [3.05, 3.63) is 58.7 Å². The molecule has 2 heterocycles. The summed E-state index contributed by atoms with van der Waals surface area (Å²) >= 11 is 6.07. The Morgan fingerprint density at radius 1 is 1.27 bits per heavy atom. The minimum absolute atomic E-state index is 0.0496. The van der Waals surface area contributed by atoms with Crippen molar-refractivity contribution in [2.75, 3.05) is 13.1 Å². The van der Waals surface area contributed by atoms with E-state index in [9.17, 15) is 4.79 Å². The van der Waals surface area contributed by atoms with Gasteiger partial charge in [-0.3, -0.25) is 4.79 Å². The summed E-state index contributed by atoms with van der Waals surface area (Å²) in [7, 11) is 0. The Labute approximate surface area is 156 Å². The molecule has 6 nitrogen and oxygen atoms in total. The van der Waals surface area contributed by atoms with Crippen LogP contribution >= 0.6 is 11.6 Å². The number of carbonyl (C=O) groups is 1. The van der Waals surface area contributed by atoms with E-state index < -0.39 is 0 Å². The highest BCUT2D eigenvalue weighted by Crippen LogP contribution is 2.40. The van der Waals surface area contributed by atoms with Gasteiger partial charge in [-0.2, -0.15) is 5.10 Å². The smallest absolute Gasteiger partial charge is 0.274 e. The van der Waals surface area contributed by atoms with Crippen LogP contribution in [0.5, 0.6) is 5.75 Å². The second-order valence-electron chi connectivity index (χ2n) is 6.78. The van der Waals surface area contributed by atoms with Crippen LogP contribution in [0, 0.1) is 18.4 Å². The van der Waals surface area contributed by atoms with Crippen LogP contribution in [0.2, 0.25) is 5.02 Å². The van der Waals surface area contributed by atoms with Crippen LogP contribution in [-0.4, -0.2) is 40.2 Å². The van der Waals surface area contributed by atoms with Gasteiger partial charge in [-0.25, -0.2) is 4.85 Å². The minimum Gasteiger partial charge on any atom is -0.490 e. The predicted octanol–water partition coefficient (Wildman–Crippen LogP) is 3.61. The predicted molar refractivity (Wildman–Crippen MR) is 96.3 cm³/mol. The van der Waals surface area contributed by atoms with Gasteiger partial charge in [0.2, 0.25) is 5.69 Å². The van der Waals surface area contributed by atoms with Gasteiger partial charge in [-0.05, 0) is 48.9 Å². The molecule has 2 unspecified atom stereocenters. The number of fused-ring (bicyclic) bond motifs is 1. The number of likely N-dealkylation sites (tertiary alicyclic amines) is 1. The highest BCUT2D eigenvalue weighted by molar-refractivity contribution is 6.33. The Kier molecular flexibility index (Phi) is 4.48. The molecular formula is C19H17ClN4O2. The van der Waals surface area contributed by atoms with Crippen molar-refractivity contribution in [2.24, 2.45) is 11.8 Å². The van der Waals surface area contributed by atoms with Crippen LogP contribution in [0.15, 0.2) is 36.5 Å². The Hall–Kier alpha value is -2.65. The fourth-order valence-electron chi connectivity index (χ4n) is 3.93. The molecule has 0 N–H and O–H groups in total. The number of ether oxygens (including phenoxy) is 1. The molecule has 1 aliphatic carbocycles. The fourth-order valence-corrected chi connectivity index (χ4v) is 4.14. The van der Waals surface area contributed by atoms with Gasteiger partial charge in [0.1, 0.15) is 5.75 Å². The second-order valence-corrected chi connectivity index (χ2v) is 7.18. The summed E-state index contributed by atoms with van der Waals surface area (Å²) in [6.07, 6.45) is 3.51. The Balaban J connectivity index is 1.36. The maximum Gasteiger partial charge on any atom is 0.274 e. The maximum absolute atomic E-state index is 12.5. The monoisotopic (exact) mass is 368 g/mol. The van der Waals surface area contributed by atoms with Crippen molar-refractivity contribution in [1.29, 1.82) is 0 Å². The summed E-state index contributed by atoms with van der Waals surface area (Å²) in [5, 5.41) is 8.11. The van der Waals surface area contributed by atoms with Gasteiger partial charge in [0.05, 0.1) is 17.7 Å². The summed E-state index contributed by atoms with van der Waals surface area (Å²) in [6, 6.07) is 8.60. The van der Waals surface area contributed by atoms with Crippen LogP contribution in [0.4, 0.5) is 5.69 Å². The number of hydrogen-bond donors (Lipinski definition) is 0. The zero-order valence-corrected chi connectivity index (χ0v) is 14.8. The number of rotatable bonds is 3. The number of nitrogens with zero attached hydrogens (tertiary/aromatic N) is 4. The summed E-state index contributed by atoms with van der Waals surface area (Å²) in [5.74, 6) is 1.53. The molecule has 1 amide bonds. The summed E-state index contributed by atoms with van der Waals surface area (Å²) in [6.45, 7) is 8.51. The topological polar surface area (TPSA) is 59.7 Å². The molecule has 0 radical (unpaired) electrons. The van der Waals surface area contributed by atoms with E-state index >= 15 is 0 Å². The molecule has 1 saturated heterocycles. The summed E-state index contributed by atoms with van der Waals surface area (Å²) < 4.78 is 6.06. The molecular weight excluding hydrogens is 352 g/mol. The van der Waals surface area contributed by atoms with E-state index in [1.165, 1.54) is 0 Å². The average molecular weight is 369 g/mol. The fraction of sp³-hybridized carbons (Fsp3) is 0.368. The standard InChI is InChI=1S/C19H17ClN4O2/c1-21-17-5-4-14(9-16(17)20)26-15-7-12-10-24(11-13(12)8-15)19(25)18-3-2-6-22-23-18/h2-6,9,12-13,15H,7-8,10-11H2. The van der Waals surface area contributed by atoms with Gasteiger partial charge in [-0.15, -0.1) is 5.10 Å². The van der Waals surface area contributed by atoms with E-state index in [1.807, 2.05) is 4.90 Å². The van der Waals surface area contributed by atoms with Gasteiger partial charge in [-0.1, -0.05) is 17.7 Å². The SMILES string of the molecule is [C-]#[N+]c1ccc(OC2CC3CN(C(=O)c4cccnn4)CC3C2)cc1Cl. The van der Waals surface area contributed by atoms with E-state index in [2.05, 4.69) is 15.0 Å². The van der Waals surface area contributed by atoms with Gasteiger partial charge in [0.15, 0.2) is 5.69 Å². The number of carbonyl (C=O) groups excluding carboxylic acids is 1. The minimum atomic E-state index is -0.0496. The molecule has 2 fully saturated rings. The van der Waals surface area contributed by atoms with Crippen molar-refractivity contribution in [3.8, 4) is 5.75 Å². The maximum atomic E-state index is 12.5. The first-order valence-corrected chi connectivity index (χ1v) is 8.92. The lowest BCUT2D eigenvalue weighted by atomic mass is 10.0. The molecule has 2 aliphatic rings. The first-order chi connectivity index (χ1) is 12.6. The number of halogens is 1. The highest BCUT2D eigenvalue weighted by atomic mass is 35.5. The van der Waals surface area contributed by atoms with E-state index in [4.69, 9.17) is 22.9 Å². The molecule has 0 spiro atoms. The lowest BCUT2D eigenvalue weighted by Crippen LogP contribution is -2.31. The lowest BCUT2D eigenvalue weighted by molar-refractivity contribution is 0.0763. The molecule has 7 heteroatoms. The third kappa shape index (κ3) is 3.23. The normalized spacial score (nSPS) is 24.2. The zero-order chi connectivity index (χ0) is 18.1. The molecule has 0 bridgehead atoms. The van der Waals surface area contributed by atoms with Crippen molar-refractivity contribution in [1.82, 2.24) is 15.1 Å². The Morgan fingerprint density at radius 3 is 2.65 bits per heavy atom. The quantitative estimate of drug-likeness (QED) is 0.776. The van der Waals surface area contributed by atoms with Crippen LogP contribution in [0.3, 0.4) is 0 Å². The number of benzene rings is 1. The molecule has 2 aromatic rings. The molecule has 2 atom stereocenters. The van der Waals surface area contributed by atoms with Gasteiger partial charge < -0.3 is 9.64 Å². The lowest BCUT2D eigenvalue weighted by Gasteiger charge is -2.20. The molecule has 132 valence electrons. The third-order valence-electron chi connectivity index (χ3n) is 5.13. The van der Waals surface area contributed by atoms with Crippen molar-refractivity contribution < 1.29 is 9.53 Å². The number of amides is 1. The molecule has 1 aliphatic heterocycles. The highest BCUT2D eigenvalue weighted by Gasteiger charge is 2.43. The van der Waals surface area contributed by atoms with Crippen LogP contribution < -0.4 is 4.74 Å². The molecule has 1 saturated carbocycles. The van der Waals surface area contributed by atoms with Gasteiger partial charge in [0, 0.05) is 19.3 Å². The van der Waals surface area contributed by atoms with Crippen molar-refractivity contribution in [2.45, 2.75) is 18.9 Å². The number of hydrogen-bond acceptors (Lipinski definition) is 4. The Bertz CT molecular complexity index is 854. The van der Waals surface area contributed by atoms with Gasteiger partial charge in [0.25, 0.3) is 5.91 Å². The van der Waals surface area contributed by atoms with E-state index in [-0.39, 0.29) is 12.0 Å². The first kappa shape index (κ1) is 16.8. The molecule has 1 aromatic heterocycles. The van der Waals surface area contributed by atoms with E-state index in [0.717, 1.165) is 25.9 Å². The van der Waals surface area contributed by atoms with E-state index in [0.29, 0.717) is 34.0 Å². The second kappa shape index (κ2) is 6.93. The van der Waals surface area contributed by atoms with E-state index in [1.54, 1.807) is 36.5 Å². The molecule has 26 heavy (non-hydrogen) atoms. The summed E-state index contributed by atoms with van der Waals surface area (Å²) in [5.41, 5.74) is 0.829. The van der Waals surface area contributed by atoms with Crippen LogP contribution in [0.1, 0.15) is 23.3 Å². The van der Waals surface area contributed by atoms with Gasteiger partial charge >= 0.3 is 0 Å². The van der Waals surface area contributed by atoms with Crippen LogP contribution in [0.25, 0.3) is 4.85 Å². The first-order valence-electron chi connectivity index (χ1n) is 8.54. The third-order valence-corrected chi connectivity index (χ3v) is 5.43. The molecule has 1 aromatic carbocycles. The van der Waals surface area contributed by atoms with Crippen molar-refractivity contribution >= 4 is 23.2 Å². The number of aromatic nitrogens is 2. The molecule has 4 rings (SSSR count). The summed E-state index contributed by atoms with van der Waals surface area (Å²) in [4.78, 5) is 17.7. The Morgan fingerprint density at radius 2 is 2.04 bits per heavy atom. The average Bonchev–Trinajstić information content (AvgIpc) is 3.20. The van der Waals surface area contributed by atoms with Crippen molar-refractivity contribution in [3.63, 3.8) is 0 Å². The zero-order valence-electron chi connectivity index (χ0n) is 14.0. The largest absolute Gasteiger partial charge is 0.490 e. The van der Waals surface area contributed by atoms with Crippen LogP contribution in [-0.2, 0) is 0 Å².